The maximum atomic E-state index is 12.2. The molecule has 5 heteroatoms. The Labute approximate surface area is 157 Å². The summed E-state index contributed by atoms with van der Waals surface area (Å²) in [6.45, 7) is 2.74. The highest BCUT2D eigenvalue weighted by Gasteiger charge is 2.31. The summed E-state index contributed by atoms with van der Waals surface area (Å²) in [5.41, 5.74) is 2.75. The van der Waals surface area contributed by atoms with Crippen molar-refractivity contribution in [2.75, 3.05) is 19.3 Å². The lowest BCUT2D eigenvalue weighted by molar-refractivity contribution is -0.122. The number of thiophene rings is 1. The second-order valence-corrected chi connectivity index (χ2v) is 8.78. The van der Waals surface area contributed by atoms with Crippen molar-refractivity contribution in [2.45, 2.75) is 36.7 Å². The maximum Gasteiger partial charge on any atom is 0.223 e. The number of hydrogen-bond acceptors (Lipinski definition) is 4. The number of nitrogens with one attached hydrogen (secondary N) is 1. The second-order valence-electron chi connectivity index (χ2n) is 6.90. The van der Waals surface area contributed by atoms with Crippen molar-refractivity contribution in [3.05, 3.63) is 51.7 Å². The molecular weight excluding hydrogens is 348 g/mol. The summed E-state index contributed by atoms with van der Waals surface area (Å²) in [6, 6.07) is 11.3. The Balaban J connectivity index is 1.52. The molecule has 0 spiro atoms. The van der Waals surface area contributed by atoms with Crippen LogP contribution in [0.2, 0.25) is 0 Å². The minimum Gasteiger partial charge on any atom is -0.354 e. The standard InChI is InChI=1S/C20H24N2OS2/c1-24-17-6-4-14(5-7-17)18(12-21-20(23)15-2-3-15)22-10-8-19-16(13-22)9-11-25-19/h4-7,9,11,15,18H,2-3,8,10,12-13H2,1H3,(H,21,23)/t18-/m1/s1. The van der Waals surface area contributed by atoms with Crippen molar-refractivity contribution >= 4 is 29.0 Å². The molecule has 1 fully saturated rings. The minimum atomic E-state index is 0.235. The van der Waals surface area contributed by atoms with Crippen molar-refractivity contribution in [2.24, 2.45) is 5.92 Å². The number of benzene rings is 1. The van der Waals surface area contributed by atoms with E-state index in [1.165, 1.54) is 20.9 Å². The number of nitrogens with zero attached hydrogens (tertiary/aromatic N) is 1. The summed E-state index contributed by atoms with van der Waals surface area (Å²) in [6.07, 6.45) is 5.33. The van der Waals surface area contributed by atoms with Gasteiger partial charge in [-0.25, -0.2) is 0 Å². The van der Waals surface area contributed by atoms with E-state index in [2.05, 4.69) is 52.2 Å². The van der Waals surface area contributed by atoms with E-state index in [9.17, 15) is 4.79 Å². The first-order chi connectivity index (χ1) is 12.2. The summed E-state index contributed by atoms with van der Waals surface area (Å²) in [4.78, 5) is 17.5. The van der Waals surface area contributed by atoms with E-state index in [0.29, 0.717) is 6.54 Å². The van der Waals surface area contributed by atoms with Crippen molar-refractivity contribution in [3.8, 4) is 0 Å². The summed E-state index contributed by atoms with van der Waals surface area (Å²) in [7, 11) is 0. The first-order valence-electron chi connectivity index (χ1n) is 8.95. The third-order valence-corrected chi connectivity index (χ3v) is 6.96. The van der Waals surface area contributed by atoms with Gasteiger partial charge in [0.15, 0.2) is 0 Å². The normalized spacial score (nSPS) is 18.6. The van der Waals surface area contributed by atoms with Gasteiger partial charge in [0.1, 0.15) is 0 Å². The van der Waals surface area contributed by atoms with Crippen molar-refractivity contribution < 1.29 is 4.79 Å². The zero-order valence-corrected chi connectivity index (χ0v) is 16.2. The fraction of sp³-hybridized carbons (Fsp3) is 0.450. The molecule has 3 nitrogen and oxygen atoms in total. The van der Waals surface area contributed by atoms with Gasteiger partial charge in [0.25, 0.3) is 0 Å². The molecule has 1 aliphatic heterocycles. The monoisotopic (exact) mass is 372 g/mol. The smallest absolute Gasteiger partial charge is 0.223 e. The summed E-state index contributed by atoms with van der Waals surface area (Å²) in [5.74, 6) is 0.503. The van der Waals surface area contributed by atoms with Crippen LogP contribution in [0.1, 0.15) is 34.9 Å². The molecule has 1 amide bonds. The molecule has 1 aromatic heterocycles. The zero-order chi connectivity index (χ0) is 17.2. The molecule has 4 rings (SSSR count). The van der Waals surface area contributed by atoms with Crippen LogP contribution < -0.4 is 5.32 Å². The summed E-state index contributed by atoms with van der Waals surface area (Å²) >= 11 is 3.64. The molecule has 1 N–H and O–H groups in total. The molecule has 0 saturated heterocycles. The third kappa shape index (κ3) is 3.94. The molecule has 2 aromatic rings. The van der Waals surface area contributed by atoms with Gasteiger partial charge in [0.05, 0.1) is 6.04 Å². The Morgan fingerprint density at radius 3 is 2.84 bits per heavy atom. The molecule has 1 aromatic carbocycles. The van der Waals surface area contributed by atoms with Crippen LogP contribution in [-0.4, -0.2) is 30.2 Å². The SMILES string of the molecule is CSc1ccc([C@@H](CNC(=O)C2CC2)N2CCc3sccc3C2)cc1. The highest BCUT2D eigenvalue weighted by molar-refractivity contribution is 7.98. The van der Waals surface area contributed by atoms with E-state index in [1.807, 2.05) is 11.3 Å². The van der Waals surface area contributed by atoms with Crippen LogP contribution >= 0.6 is 23.1 Å². The van der Waals surface area contributed by atoms with E-state index >= 15 is 0 Å². The lowest BCUT2D eigenvalue weighted by Gasteiger charge is -2.35. The number of amides is 1. The highest BCUT2D eigenvalue weighted by atomic mass is 32.2. The number of carbonyl (C=O) groups is 1. The average Bonchev–Trinajstić information content (AvgIpc) is 3.40. The molecule has 132 valence electrons. The summed E-state index contributed by atoms with van der Waals surface area (Å²) < 4.78 is 0. The highest BCUT2D eigenvalue weighted by Crippen LogP contribution is 2.32. The Hall–Kier alpha value is -1.30. The first kappa shape index (κ1) is 17.1. The largest absolute Gasteiger partial charge is 0.354 e. The van der Waals surface area contributed by atoms with Gasteiger partial charge in [-0.15, -0.1) is 23.1 Å². The third-order valence-electron chi connectivity index (χ3n) is 5.20. The van der Waals surface area contributed by atoms with Gasteiger partial charge in [-0.3, -0.25) is 9.69 Å². The molecule has 1 saturated carbocycles. The lowest BCUT2D eigenvalue weighted by atomic mass is 10.0. The maximum absolute atomic E-state index is 12.2. The first-order valence-corrected chi connectivity index (χ1v) is 11.1. The summed E-state index contributed by atoms with van der Waals surface area (Å²) in [5, 5.41) is 5.40. The molecule has 2 aliphatic rings. The molecule has 25 heavy (non-hydrogen) atoms. The van der Waals surface area contributed by atoms with E-state index in [1.54, 1.807) is 11.8 Å². The van der Waals surface area contributed by atoms with Crippen LogP contribution in [0, 0.1) is 5.92 Å². The van der Waals surface area contributed by atoms with Crippen LogP contribution in [0.3, 0.4) is 0 Å². The van der Waals surface area contributed by atoms with Gasteiger partial charge in [-0.05, 0) is 60.2 Å². The minimum absolute atomic E-state index is 0.235. The molecule has 1 aliphatic carbocycles. The van der Waals surface area contributed by atoms with Crippen LogP contribution in [0.25, 0.3) is 0 Å². The van der Waals surface area contributed by atoms with Gasteiger partial charge < -0.3 is 5.32 Å². The Kier molecular flexibility index (Phi) is 5.15. The Bertz CT molecular complexity index is 736. The van der Waals surface area contributed by atoms with Crippen LogP contribution in [-0.2, 0) is 17.8 Å². The number of rotatable bonds is 6. The van der Waals surface area contributed by atoms with Gasteiger partial charge in [0.2, 0.25) is 5.91 Å². The topological polar surface area (TPSA) is 32.3 Å². The molecule has 1 atom stereocenters. The van der Waals surface area contributed by atoms with Crippen molar-refractivity contribution in [3.63, 3.8) is 0 Å². The van der Waals surface area contributed by atoms with Crippen molar-refractivity contribution in [1.29, 1.82) is 0 Å². The van der Waals surface area contributed by atoms with E-state index in [-0.39, 0.29) is 17.9 Å². The Morgan fingerprint density at radius 1 is 1.32 bits per heavy atom. The molecule has 0 unspecified atom stereocenters. The van der Waals surface area contributed by atoms with Gasteiger partial charge in [-0.2, -0.15) is 0 Å². The van der Waals surface area contributed by atoms with Crippen molar-refractivity contribution in [1.82, 2.24) is 10.2 Å². The molecule has 2 heterocycles. The van der Waals surface area contributed by atoms with E-state index < -0.39 is 0 Å². The number of carbonyl (C=O) groups excluding carboxylic acids is 1. The van der Waals surface area contributed by atoms with Gasteiger partial charge in [-0.1, -0.05) is 12.1 Å². The van der Waals surface area contributed by atoms with Crippen LogP contribution in [0.15, 0.2) is 40.6 Å². The zero-order valence-electron chi connectivity index (χ0n) is 14.5. The van der Waals surface area contributed by atoms with Gasteiger partial charge >= 0.3 is 0 Å². The molecule has 0 bridgehead atoms. The lowest BCUT2D eigenvalue weighted by Crippen LogP contribution is -2.40. The predicted octanol–water partition coefficient (Wildman–Crippen LogP) is 4.10. The predicted molar refractivity (Wildman–Crippen MR) is 105 cm³/mol. The van der Waals surface area contributed by atoms with Crippen LogP contribution in [0.5, 0.6) is 0 Å². The fourth-order valence-corrected chi connectivity index (χ4v) is 4.81. The van der Waals surface area contributed by atoms with Crippen LogP contribution in [0.4, 0.5) is 0 Å². The van der Waals surface area contributed by atoms with Gasteiger partial charge in [0, 0.05) is 35.3 Å². The molecular formula is C20H24N2OS2. The quantitative estimate of drug-likeness (QED) is 0.775. The van der Waals surface area contributed by atoms with E-state index in [0.717, 1.165) is 32.4 Å². The number of hydrogen-bond donors (Lipinski definition) is 1. The number of fused-ring (bicyclic) bond motifs is 1. The Morgan fingerprint density at radius 2 is 2.12 bits per heavy atom. The van der Waals surface area contributed by atoms with E-state index in [4.69, 9.17) is 0 Å². The molecule has 0 radical (unpaired) electrons. The average molecular weight is 373 g/mol. The fourth-order valence-electron chi connectivity index (χ4n) is 3.51. The number of thioether (sulfide) groups is 1. The second kappa shape index (κ2) is 7.52.